The second-order valence-electron chi connectivity index (χ2n) is 10.6. The number of likely N-dealkylation sites (tertiary alicyclic amines) is 2. The molecular formula is C30H37N3O4. The molecule has 7 nitrogen and oxygen atoms in total. The molecule has 0 bridgehead atoms. The summed E-state index contributed by atoms with van der Waals surface area (Å²) in [5.41, 5.74) is 1.89. The van der Waals surface area contributed by atoms with Crippen molar-refractivity contribution in [2.45, 2.75) is 51.1 Å². The molecule has 2 aromatic carbocycles. The SMILES string of the molecule is C[C@@H]1CCCN1CCCOc1ccc2c(ccn2C2CCN(C(=O)c3ccc4c(c3)OCCO4)CC2)c1. The molecule has 7 heteroatoms. The third-order valence-electron chi connectivity index (χ3n) is 8.18. The highest BCUT2D eigenvalue weighted by Gasteiger charge is 2.26. The van der Waals surface area contributed by atoms with Crippen LogP contribution in [0.5, 0.6) is 17.2 Å². The van der Waals surface area contributed by atoms with Crippen LogP contribution in [0, 0.1) is 0 Å². The van der Waals surface area contributed by atoms with Crippen molar-refractivity contribution in [1.82, 2.24) is 14.4 Å². The largest absolute Gasteiger partial charge is 0.494 e. The molecule has 3 aliphatic heterocycles. The Labute approximate surface area is 218 Å². The Morgan fingerprint density at radius 1 is 0.973 bits per heavy atom. The first kappa shape index (κ1) is 24.2. The van der Waals surface area contributed by atoms with Crippen LogP contribution >= 0.6 is 0 Å². The number of aromatic nitrogens is 1. The maximum absolute atomic E-state index is 13.1. The number of piperidine rings is 1. The summed E-state index contributed by atoms with van der Waals surface area (Å²) in [6.45, 7) is 7.99. The second kappa shape index (κ2) is 10.7. The van der Waals surface area contributed by atoms with Crippen molar-refractivity contribution in [2.24, 2.45) is 0 Å². The van der Waals surface area contributed by atoms with Crippen LogP contribution < -0.4 is 14.2 Å². The number of hydrogen-bond acceptors (Lipinski definition) is 5. The number of ether oxygens (including phenoxy) is 3. The lowest BCUT2D eigenvalue weighted by Gasteiger charge is -2.33. The van der Waals surface area contributed by atoms with E-state index in [4.69, 9.17) is 14.2 Å². The lowest BCUT2D eigenvalue weighted by molar-refractivity contribution is 0.0695. The summed E-state index contributed by atoms with van der Waals surface area (Å²) in [4.78, 5) is 17.7. The Hall–Kier alpha value is -3.19. The molecule has 0 aliphatic carbocycles. The van der Waals surface area contributed by atoms with Gasteiger partial charge in [0.05, 0.1) is 6.61 Å². The molecule has 1 aromatic heterocycles. The first-order valence-electron chi connectivity index (χ1n) is 13.8. The fourth-order valence-electron chi connectivity index (χ4n) is 6.04. The van der Waals surface area contributed by atoms with Gasteiger partial charge in [0.2, 0.25) is 0 Å². The van der Waals surface area contributed by atoms with Crippen LogP contribution in [0.3, 0.4) is 0 Å². The Morgan fingerprint density at radius 3 is 2.62 bits per heavy atom. The lowest BCUT2D eigenvalue weighted by Crippen LogP contribution is -2.39. The highest BCUT2D eigenvalue weighted by molar-refractivity contribution is 5.95. The van der Waals surface area contributed by atoms with Crippen molar-refractivity contribution in [3.63, 3.8) is 0 Å². The zero-order valence-corrected chi connectivity index (χ0v) is 21.7. The third kappa shape index (κ3) is 5.14. The average molecular weight is 504 g/mol. The van der Waals surface area contributed by atoms with Gasteiger partial charge in [-0.3, -0.25) is 4.79 Å². The summed E-state index contributed by atoms with van der Waals surface area (Å²) < 4.78 is 19.7. The number of benzene rings is 2. The molecule has 0 spiro atoms. The number of rotatable bonds is 7. The Balaban J connectivity index is 1.03. The molecule has 0 radical (unpaired) electrons. The molecule has 0 unspecified atom stereocenters. The zero-order valence-electron chi connectivity index (χ0n) is 21.7. The maximum Gasteiger partial charge on any atom is 0.253 e. The maximum atomic E-state index is 13.1. The molecule has 3 aromatic rings. The molecule has 6 rings (SSSR count). The first-order valence-corrected chi connectivity index (χ1v) is 13.8. The summed E-state index contributed by atoms with van der Waals surface area (Å²) in [6.07, 6.45) is 7.77. The summed E-state index contributed by atoms with van der Waals surface area (Å²) >= 11 is 0. The molecule has 2 saturated heterocycles. The van der Waals surface area contributed by atoms with Gasteiger partial charge < -0.3 is 28.6 Å². The second-order valence-corrected chi connectivity index (χ2v) is 10.6. The summed E-state index contributed by atoms with van der Waals surface area (Å²) in [5, 5.41) is 1.21. The molecule has 37 heavy (non-hydrogen) atoms. The minimum Gasteiger partial charge on any atom is -0.494 e. The van der Waals surface area contributed by atoms with Gasteiger partial charge >= 0.3 is 0 Å². The van der Waals surface area contributed by atoms with Gasteiger partial charge in [0, 0.05) is 54.4 Å². The molecule has 0 N–H and O–H groups in total. The number of hydrogen-bond donors (Lipinski definition) is 0. The van der Waals surface area contributed by atoms with Gasteiger partial charge in [-0.05, 0) is 88.0 Å². The number of amides is 1. The van der Waals surface area contributed by atoms with E-state index in [0.29, 0.717) is 36.3 Å². The van der Waals surface area contributed by atoms with E-state index in [1.165, 1.54) is 30.3 Å². The Kier molecular flexibility index (Phi) is 6.96. The summed E-state index contributed by atoms with van der Waals surface area (Å²) in [6, 6.07) is 15.2. The first-order chi connectivity index (χ1) is 18.2. The van der Waals surface area contributed by atoms with Gasteiger partial charge in [-0.15, -0.1) is 0 Å². The Morgan fingerprint density at radius 2 is 1.81 bits per heavy atom. The number of fused-ring (bicyclic) bond motifs is 2. The lowest BCUT2D eigenvalue weighted by atomic mass is 10.0. The highest BCUT2D eigenvalue weighted by Crippen LogP contribution is 2.33. The van der Waals surface area contributed by atoms with Crippen LogP contribution in [0.1, 0.15) is 55.4 Å². The molecule has 4 heterocycles. The molecule has 0 saturated carbocycles. The third-order valence-corrected chi connectivity index (χ3v) is 8.18. The van der Waals surface area contributed by atoms with E-state index in [0.717, 1.165) is 57.3 Å². The standard InChI is InChI=1S/C30H37N3O4/c1-22-4-2-12-31(22)13-3-17-35-26-6-7-27-23(20-26)9-16-33(27)25-10-14-32(15-11-25)30(34)24-5-8-28-29(21-24)37-19-18-36-28/h5-9,16,20-22,25H,2-4,10-15,17-19H2,1H3/t22-/m1/s1. The van der Waals surface area contributed by atoms with Crippen molar-refractivity contribution >= 4 is 16.8 Å². The van der Waals surface area contributed by atoms with Crippen LogP contribution in [0.15, 0.2) is 48.7 Å². The molecular weight excluding hydrogens is 466 g/mol. The van der Waals surface area contributed by atoms with Gasteiger partial charge in [-0.25, -0.2) is 0 Å². The van der Waals surface area contributed by atoms with Crippen molar-refractivity contribution in [1.29, 1.82) is 0 Å². The molecule has 1 amide bonds. The normalized spacial score (nSPS) is 20.5. The predicted octanol–water partition coefficient (Wildman–Crippen LogP) is 5.14. The van der Waals surface area contributed by atoms with E-state index in [2.05, 4.69) is 46.9 Å². The molecule has 3 aliphatic rings. The van der Waals surface area contributed by atoms with E-state index >= 15 is 0 Å². The quantitative estimate of drug-likeness (QED) is 0.418. The van der Waals surface area contributed by atoms with E-state index < -0.39 is 0 Å². The van der Waals surface area contributed by atoms with Gasteiger partial charge in [0.1, 0.15) is 19.0 Å². The molecule has 196 valence electrons. The monoisotopic (exact) mass is 503 g/mol. The van der Waals surface area contributed by atoms with Crippen LogP contribution in [0.25, 0.3) is 10.9 Å². The Bertz CT molecular complexity index is 1250. The average Bonchev–Trinajstić information content (AvgIpc) is 3.56. The van der Waals surface area contributed by atoms with Gasteiger partial charge in [0.25, 0.3) is 5.91 Å². The number of nitrogens with zero attached hydrogens (tertiary/aromatic N) is 3. The minimum atomic E-state index is 0.0637. The number of carbonyl (C=O) groups excluding carboxylic acids is 1. The highest BCUT2D eigenvalue weighted by atomic mass is 16.6. The van der Waals surface area contributed by atoms with Crippen LogP contribution in [0.4, 0.5) is 0 Å². The van der Waals surface area contributed by atoms with Gasteiger partial charge in [-0.2, -0.15) is 0 Å². The van der Waals surface area contributed by atoms with Crippen molar-refractivity contribution in [2.75, 3.05) is 46.0 Å². The van der Waals surface area contributed by atoms with E-state index in [1.807, 2.05) is 23.1 Å². The number of carbonyl (C=O) groups is 1. The van der Waals surface area contributed by atoms with Crippen LogP contribution in [-0.2, 0) is 0 Å². The van der Waals surface area contributed by atoms with Crippen molar-refractivity contribution < 1.29 is 19.0 Å². The summed E-state index contributed by atoms with van der Waals surface area (Å²) in [5.74, 6) is 2.38. The van der Waals surface area contributed by atoms with E-state index in [-0.39, 0.29) is 5.91 Å². The van der Waals surface area contributed by atoms with E-state index in [1.54, 1.807) is 0 Å². The topological polar surface area (TPSA) is 56.2 Å². The summed E-state index contributed by atoms with van der Waals surface area (Å²) in [7, 11) is 0. The predicted molar refractivity (Wildman–Crippen MR) is 144 cm³/mol. The van der Waals surface area contributed by atoms with Crippen molar-refractivity contribution in [3.05, 3.63) is 54.2 Å². The molecule has 2 fully saturated rings. The molecule has 1 atom stereocenters. The van der Waals surface area contributed by atoms with Gasteiger partial charge in [-0.1, -0.05) is 0 Å². The van der Waals surface area contributed by atoms with Crippen LogP contribution in [-0.4, -0.2) is 72.3 Å². The fourth-order valence-corrected chi connectivity index (χ4v) is 6.04. The van der Waals surface area contributed by atoms with Gasteiger partial charge in [0.15, 0.2) is 11.5 Å². The zero-order chi connectivity index (χ0) is 25.2. The van der Waals surface area contributed by atoms with Crippen molar-refractivity contribution in [3.8, 4) is 17.2 Å². The minimum absolute atomic E-state index is 0.0637. The fraction of sp³-hybridized carbons (Fsp3) is 0.500. The van der Waals surface area contributed by atoms with Crippen LogP contribution in [0.2, 0.25) is 0 Å². The smallest absolute Gasteiger partial charge is 0.253 e. The van der Waals surface area contributed by atoms with E-state index in [9.17, 15) is 4.79 Å².